The normalized spacial score (nSPS) is 10.1. The number of hydrogen-bond acceptors (Lipinski definition) is 3. The van der Waals surface area contributed by atoms with E-state index in [1.807, 2.05) is 12.1 Å². The molecule has 2 aromatic rings. The fourth-order valence-electron chi connectivity index (χ4n) is 1.85. The van der Waals surface area contributed by atoms with Gasteiger partial charge in [-0.2, -0.15) is 5.26 Å². The first-order valence-electron chi connectivity index (χ1n) is 6.23. The summed E-state index contributed by atoms with van der Waals surface area (Å²) in [6.07, 6.45) is 0. The summed E-state index contributed by atoms with van der Waals surface area (Å²) in [7, 11) is 1.69. The Balaban J connectivity index is 2.00. The van der Waals surface area contributed by atoms with Gasteiger partial charge in [0.15, 0.2) is 0 Å². The molecule has 102 valence electrons. The van der Waals surface area contributed by atoms with E-state index in [4.69, 9.17) is 10.00 Å². The predicted octanol–water partition coefficient (Wildman–Crippen LogP) is 4.08. The van der Waals surface area contributed by atoms with Crippen LogP contribution < -0.4 is 5.32 Å². The number of nitrogens with zero attached hydrogens (tertiary/aromatic N) is 1. The quantitative estimate of drug-likeness (QED) is 0.898. The summed E-state index contributed by atoms with van der Waals surface area (Å²) in [5, 5.41) is 12.2. The van der Waals surface area contributed by atoms with Gasteiger partial charge < -0.3 is 10.1 Å². The molecule has 1 N–H and O–H groups in total. The lowest BCUT2D eigenvalue weighted by molar-refractivity contribution is 0.185. The molecular formula is C16H15BrN2O. The first-order chi connectivity index (χ1) is 9.72. The molecule has 0 unspecified atom stereocenters. The number of nitrogens with one attached hydrogen (secondary N) is 1. The first-order valence-corrected chi connectivity index (χ1v) is 7.02. The SMILES string of the molecule is COCc1ccc(CNc2ccc(C#N)cc2Br)cc1. The van der Waals surface area contributed by atoms with Crippen molar-refractivity contribution in [3.8, 4) is 6.07 Å². The molecule has 2 aromatic carbocycles. The van der Waals surface area contributed by atoms with E-state index in [-0.39, 0.29) is 0 Å². The molecule has 0 aliphatic rings. The maximum Gasteiger partial charge on any atom is 0.0992 e. The van der Waals surface area contributed by atoms with Gasteiger partial charge in [0.05, 0.1) is 18.2 Å². The molecule has 0 heterocycles. The monoisotopic (exact) mass is 330 g/mol. The summed E-state index contributed by atoms with van der Waals surface area (Å²) in [6, 6.07) is 15.9. The first kappa shape index (κ1) is 14.6. The summed E-state index contributed by atoms with van der Waals surface area (Å²) in [5.41, 5.74) is 3.98. The largest absolute Gasteiger partial charge is 0.380 e. The van der Waals surface area contributed by atoms with Crippen LogP contribution in [0.25, 0.3) is 0 Å². The van der Waals surface area contributed by atoms with Gasteiger partial charge in [-0.05, 0) is 45.3 Å². The summed E-state index contributed by atoms with van der Waals surface area (Å²) >= 11 is 3.46. The standard InChI is InChI=1S/C16H15BrN2O/c1-20-11-13-4-2-12(3-5-13)10-19-16-7-6-14(9-18)8-15(16)17/h2-8,19H,10-11H2,1H3. The number of halogens is 1. The maximum atomic E-state index is 8.83. The molecule has 0 amide bonds. The Labute approximate surface area is 127 Å². The lowest BCUT2D eigenvalue weighted by Gasteiger charge is -2.09. The minimum absolute atomic E-state index is 0.634. The highest BCUT2D eigenvalue weighted by molar-refractivity contribution is 9.10. The molecule has 0 aliphatic heterocycles. The van der Waals surface area contributed by atoms with E-state index in [2.05, 4.69) is 51.6 Å². The van der Waals surface area contributed by atoms with Crippen LogP contribution in [0.5, 0.6) is 0 Å². The van der Waals surface area contributed by atoms with E-state index in [9.17, 15) is 0 Å². The molecule has 0 atom stereocenters. The van der Waals surface area contributed by atoms with Crippen LogP contribution in [0.3, 0.4) is 0 Å². The van der Waals surface area contributed by atoms with Crippen LogP contribution in [0.4, 0.5) is 5.69 Å². The average Bonchev–Trinajstić information content (AvgIpc) is 2.48. The van der Waals surface area contributed by atoms with Gasteiger partial charge in [0.1, 0.15) is 0 Å². The van der Waals surface area contributed by atoms with E-state index in [0.717, 1.165) is 22.3 Å². The number of nitriles is 1. The van der Waals surface area contributed by atoms with Gasteiger partial charge >= 0.3 is 0 Å². The van der Waals surface area contributed by atoms with Crippen LogP contribution >= 0.6 is 15.9 Å². The Bertz CT molecular complexity index is 617. The van der Waals surface area contributed by atoms with E-state index in [0.29, 0.717) is 12.2 Å². The fourth-order valence-corrected chi connectivity index (χ4v) is 2.36. The third kappa shape index (κ3) is 3.83. The third-order valence-electron chi connectivity index (χ3n) is 2.92. The van der Waals surface area contributed by atoms with Crippen molar-refractivity contribution in [1.29, 1.82) is 5.26 Å². The lowest BCUT2D eigenvalue weighted by atomic mass is 10.1. The summed E-state index contributed by atoms with van der Waals surface area (Å²) in [4.78, 5) is 0. The van der Waals surface area contributed by atoms with Crippen molar-refractivity contribution in [2.24, 2.45) is 0 Å². The molecule has 0 saturated heterocycles. The Kier molecular flexibility index (Phi) is 5.16. The van der Waals surface area contributed by atoms with Gasteiger partial charge in [-0.3, -0.25) is 0 Å². The average molecular weight is 331 g/mol. The van der Waals surface area contributed by atoms with Crippen molar-refractivity contribution in [3.05, 3.63) is 63.6 Å². The van der Waals surface area contributed by atoms with Crippen LogP contribution in [-0.4, -0.2) is 7.11 Å². The number of ether oxygens (including phenoxy) is 1. The maximum absolute atomic E-state index is 8.83. The second kappa shape index (κ2) is 7.09. The molecule has 0 fully saturated rings. The smallest absolute Gasteiger partial charge is 0.0992 e. The summed E-state index contributed by atoms with van der Waals surface area (Å²) in [5.74, 6) is 0. The van der Waals surface area contributed by atoms with E-state index in [1.165, 1.54) is 5.56 Å². The number of methoxy groups -OCH3 is 1. The molecule has 0 aliphatic carbocycles. The van der Waals surface area contributed by atoms with Crippen molar-refractivity contribution >= 4 is 21.6 Å². The zero-order valence-corrected chi connectivity index (χ0v) is 12.8. The Morgan fingerprint density at radius 2 is 1.85 bits per heavy atom. The number of hydrogen-bond donors (Lipinski definition) is 1. The molecule has 4 heteroatoms. The van der Waals surface area contributed by atoms with Crippen molar-refractivity contribution < 1.29 is 4.74 Å². The van der Waals surface area contributed by atoms with Crippen LogP contribution in [-0.2, 0) is 17.9 Å². The topological polar surface area (TPSA) is 45.0 Å². The molecule has 0 spiro atoms. The Hall–Kier alpha value is -1.83. The van der Waals surface area contributed by atoms with Gasteiger partial charge in [0.25, 0.3) is 0 Å². The van der Waals surface area contributed by atoms with Gasteiger partial charge in [0.2, 0.25) is 0 Å². The second-order valence-electron chi connectivity index (χ2n) is 4.41. The van der Waals surface area contributed by atoms with Crippen LogP contribution in [0.2, 0.25) is 0 Å². The van der Waals surface area contributed by atoms with Gasteiger partial charge in [-0.1, -0.05) is 24.3 Å². The minimum Gasteiger partial charge on any atom is -0.380 e. The zero-order chi connectivity index (χ0) is 14.4. The minimum atomic E-state index is 0.634. The Morgan fingerprint density at radius 1 is 1.15 bits per heavy atom. The highest BCUT2D eigenvalue weighted by Gasteiger charge is 2.01. The summed E-state index contributed by atoms with van der Waals surface area (Å²) < 4.78 is 5.98. The molecule has 0 radical (unpaired) electrons. The zero-order valence-electron chi connectivity index (χ0n) is 11.2. The number of benzene rings is 2. The van der Waals surface area contributed by atoms with Crippen molar-refractivity contribution in [2.45, 2.75) is 13.2 Å². The third-order valence-corrected chi connectivity index (χ3v) is 3.57. The van der Waals surface area contributed by atoms with Crippen LogP contribution in [0.15, 0.2) is 46.9 Å². The van der Waals surface area contributed by atoms with Crippen molar-refractivity contribution in [2.75, 3.05) is 12.4 Å². The molecule has 0 aromatic heterocycles. The van der Waals surface area contributed by atoms with Gasteiger partial charge in [0, 0.05) is 23.8 Å². The van der Waals surface area contributed by atoms with Crippen LogP contribution in [0, 0.1) is 11.3 Å². The van der Waals surface area contributed by atoms with Gasteiger partial charge in [-0.15, -0.1) is 0 Å². The number of rotatable bonds is 5. The molecular weight excluding hydrogens is 316 g/mol. The van der Waals surface area contributed by atoms with Crippen molar-refractivity contribution in [1.82, 2.24) is 0 Å². The summed E-state index contributed by atoms with van der Waals surface area (Å²) in [6.45, 7) is 1.37. The molecule has 0 saturated carbocycles. The Morgan fingerprint density at radius 3 is 2.45 bits per heavy atom. The highest BCUT2D eigenvalue weighted by Crippen LogP contribution is 2.24. The van der Waals surface area contributed by atoms with Gasteiger partial charge in [-0.25, -0.2) is 0 Å². The molecule has 3 nitrogen and oxygen atoms in total. The lowest BCUT2D eigenvalue weighted by Crippen LogP contribution is -2.00. The van der Waals surface area contributed by atoms with Crippen LogP contribution in [0.1, 0.15) is 16.7 Å². The molecule has 2 rings (SSSR count). The van der Waals surface area contributed by atoms with Crippen molar-refractivity contribution in [3.63, 3.8) is 0 Å². The number of anilines is 1. The molecule has 20 heavy (non-hydrogen) atoms. The van der Waals surface area contributed by atoms with E-state index < -0.39 is 0 Å². The molecule has 0 bridgehead atoms. The predicted molar refractivity (Wildman–Crippen MR) is 83.3 cm³/mol. The highest BCUT2D eigenvalue weighted by atomic mass is 79.9. The fraction of sp³-hybridized carbons (Fsp3) is 0.188. The van der Waals surface area contributed by atoms with E-state index >= 15 is 0 Å². The second-order valence-corrected chi connectivity index (χ2v) is 5.26. The van der Waals surface area contributed by atoms with E-state index in [1.54, 1.807) is 13.2 Å².